The van der Waals surface area contributed by atoms with E-state index in [1.54, 1.807) is 7.05 Å². The third-order valence-corrected chi connectivity index (χ3v) is 3.08. The highest BCUT2D eigenvalue weighted by Gasteiger charge is 2.26. The summed E-state index contributed by atoms with van der Waals surface area (Å²) in [7, 11) is 1.70. The summed E-state index contributed by atoms with van der Waals surface area (Å²) in [5, 5.41) is 24.4. The number of hydrogen-bond acceptors (Lipinski definition) is 5. The molecule has 1 aliphatic heterocycles. The lowest BCUT2D eigenvalue weighted by Crippen LogP contribution is -2.27. The van der Waals surface area contributed by atoms with Gasteiger partial charge in [-0.15, -0.1) is 0 Å². The zero-order valence-corrected chi connectivity index (χ0v) is 9.74. The number of aliphatic hydroxyl groups is 1. The van der Waals surface area contributed by atoms with Crippen LogP contribution in [-0.4, -0.2) is 39.0 Å². The number of aromatic nitrogens is 2. The predicted molar refractivity (Wildman–Crippen MR) is 61.9 cm³/mol. The third-order valence-electron chi connectivity index (χ3n) is 3.08. The van der Waals surface area contributed by atoms with Gasteiger partial charge in [-0.05, 0) is 19.3 Å². The molecule has 1 atom stereocenters. The Morgan fingerprint density at radius 1 is 1.53 bits per heavy atom. The lowest BCUT2D eigenvalue weighted by molar-refractivity contribution is -0.384. The molecule has 2 rings (SSSR count). The van der Waals surface area contributed by atoms with E-state index in [1.807, 2.05) is 4.90 Å². The number of rotatable bonds is 2. The standard InChI is InChI=1S/C10H16N4O3/c1-12-10(9(7-11-12)14(16)17)13-5-2-3-8(15)4-6-13/h7-8,15H,2-6H2,1H3. The predicted octanol–water partition coefficient (Wildman–Crippen LogP) is 0.679. The van der Waals surface area contributed by atoms with Crippen molar-refractivity contribution in [3.8, 4) is 0 Å². The summed E-state index contributed by atoms with van der Waals surface area (Å²) in [5.74, 6) is 0.532. The summed E-state index contributed by atoms with van der Waals surface area (Å²) in [6, 6.07) is 0. The van der Waals surface area contributed by atoms with Gasteiger partial charge in [-0.3, -0.25) is 10.1 Å². The Morgan fingerprint density at radius 3 is 3.00 bits per heavy atom. The largest absolute Gasteiger partial charge is 0.393 e. The van der Waals surface area contributed by atoms with Crippen LogP contribution in [-0.2, 0) is 7.05 Å². The van der Waals surface area contributed by atoms with Gasteiger partial charge in [-0.25, -0.2) is 4.68 Å². The molecular formula is C10H16N4O3. The minimum Gasteiger partial charge on any atom is -0.393 e. The Labute approximate surface area is 98.8 Å². The molecular weight excluding hydrogens is 224 g/mol. The van der Waals surface area contributed by atoms with E-state index in [0.717, 1.165) is 19.4 Å². The first-order valence-corrected chi connectivity index (χ1v) is 5.69. The number of nitrogens with zero attached hydrogens (tertiary/aromatic N) is 4. The lowest BCUT2D eigenvalue weighted by Gasteiger charge is -2.21. The van der Waals surface area contributed by atoms with Crippen molar-refractivity contribution in [1.29, 1.82) is 0 Å². The number of nitro groups is 1. The van der Waals surface area contributed by atoms with Crippen LogP contribution in [0.3, 0.4) is 0 Å². The van der Waals surface area contributed by atoms with Gasteiger partial charge in [0.15, 0.2) is 0 Å². The van der Waals surface area contributed by atoms with E-state index >= 15 is 0 Å². The Bertz CT molecular complexity index is 418. The number of aryl methyl sites for hydroxylation is 1. The highest BCUT2D eigenvalue weighted by molar-refractivity contribution is 5.57. The molecule has 17 heavy (non-hydrogen) atoms. The van der Waals surface area contributed by atoms with Crippen molar-refractivity contribution in [2.75, 3.05) is 18.0 Å². The van der Waals surface area contributed by atoms with Crippen LogP contribution in [0.5, 0.6) is 0 Å². The van der Waals surface area contributed by atoms with Crippen LogP contribution < -0.4 is 4.90 Å². The zero-order chi connectivity index (χ0) is 12.4. The summed E-state index contributed by atoms with van der Waals surface area (Å²) in [6.45, 7) is 1.35. The molecule has 94 valence electrons. The summed E-state index contributed by atoms with van der Waals surface area (Å²) in [4.78, 5) is 12.4. The summed E-state index contributed by atoms with van der Waals surface area (Å²) >= 11 is 0. The first-order chi connectivity index (χ1) is 8.09. The second-order valence-corrected chi connectivity index (χ2v) is 4.31. The Kier molecular flexibility index (Phi) is 3.28. The van der Waals surface area contributed by atoms with Gasteiger partial charge in [0.25, 0.3) is 0 Å². The van der Waals surface area contributed by atoms with Gasteiger partial charge in [0.05, 0.1) is 11.0 Å². The van der Waals surface area contributed by atoms with E-state index in [-0.39, 0.29) is 11.8 Å². The first kappa shape index (κ1) is 11.8. The molecule has 1 aromatic heterocycles. The highest BCUT2D eigenvalue weighted by Crippen LogP contribution is 2.28. The van der Waals surface area contributed by atoms with Crippen LogP contribution in [0.15, 0.2) is 6.20 Å². The van der Waals surface area contributed by atoms with Crippen molar-refractivity contribution in [3.63, 3.8) is 0 Å². The topological polar surface area (TPSA) is 84.4 Å². The monoisotopic (exact) mass is 240 g/mol. The lowest BCUT2D eigenvalue weighted by atomic mass is 10.2. The second kappa shape index (κ2) is 4.70. The molecule has 0 spiro atoms. The minimum atomic E-state index is -0.413. The molecule has 7 heteroatoms. The van der Waals surface area contributed by atoms with E-state index < -0.39 is 4.92 Å². The van der Waals surface area contributed by atoms with Crippen molar-refractivity contribution in [2.45, 2.75) is 25.4 Å². The van der Waals surface area contributed by atoms with Gasteiger partial charge in [0, 0.05) is 20.1 Å². The molecule has 1 aliphatic rings. The highest BCUT2D eigenvalue weighted by atomic mass is 16.6. The van der Waals surface area contributed by atoms with E-state index in [1.165, 1.54) is 10.9 Å². The van der Waals surface area contributed by atoms with Crippen molar-refractivity contribution in [1.82, 2.24) is 9.78 Å². The Hall–Kier alpha value is -1.63. The van der Waals surface area contributed by atoms with Crippen molar-refractivity contribution in [2.24, 2.45) is 7.05 Å². The van der Waals surface area contributed by atoms with Crippen LogP contribution in [0.25, 0.3) is 0 Å². The molecule has 1 unspecified atom stereocenters. The van der Waals surface area contributed by atoms with Gasteiger partial charge in [0.1, 0.15) is 6.20 Å². The molecule has 1 fully saturated rings. The fraction of sp³-hybridized carbons (Fsp3) is 0.700. The summed E-state index contributed by atoms with van der Waals surface area (Å²) in [5.41, 5.74) is 0.0314. The van der Waals surface area contributed by atoms with Crippen LogP contribution in [0, 0.1) is 10.1 Å². The molecule has 0 saturated carbocycles. The number of anilines is 1. The Balaban J connectivity index is 2.26. The molecule has 1 N–H and O–H groups in total. The minimum absolute atomic E-state index is 0.0314. The number of aliphatic hydroxyl groups excluding tert-OH is 1. The van der Waals surface area contributed by atoms with Crippen LogP contribution in [0.2, 0.25) is 0 Å². The Morgan fingerprint density at radius 2 is 2.29 bits per heavy atom. The summed E-state index contributed by atoms with van der Waals surface area (Å²) in [6.07, 6.45) is 3.21. The van der Waals surface area contributed by atoms with E-state index in [0.29, 0.717) is 18.8 Å². The second-order valence-electron chi connectivity index (χ2n) is 4.31. The molecule has 0 radical (unpaired) electrons. The maximum absolute atomic E-state index is 10.9. The van der Waals surface area contributed by atoms with Gasteiger partial charge < -0.3 is 10.0 Å². The van der Waals surface area contributed by atoms with E-state index in [9.17, 15) is 15.2 Å². The van der Waals surface area contributed by atoms with Crippen LogP contribution >= 0.6 is 0 Å². The average molecular weight is 240 g/mol. The zero-order valence-electron chi connectivity index (χ0n) is 9.74. The normalized spacial score (nSPS) is 21.3. The molecule has 0 aromatic carbocycles. The number of hydrogen-bond donors (Lipinski definition) is 1. The maximum atomic E-state index is 10.9. The molecule has 0 bridgehead atoms. The molecule has 7 nitrogen and oxygen atoms in total. The van der Waals surface area contributed by atoms with E-state index in [4.69, 9.17) is 0 Å². The average Bonchev–Trinajstić information content (AvgIpc) is 2.52. The summed E-state index contributed by atoms with van der Waals surface area (Å²) < 4.78 is 1.52. The van der Waals surface area contributed by atoms with Gasteiger partial charge >= 0.3 is 5.69 Å². The molecule has 0 amide bonds. The van der Waals surface area contributed by atoms with Crippen LogP contribution in [0.1, 0.15) is 19.3 Å². The van der Waals surface area contributed by atoms with Crippen molar-refractivity contribution < 1.29 is 10.0 Å². The first-order valence-electron chi connectivity index (χ1n) is 5.69. The van der Waals surface area contributed by atoms with E-state index in [2.05, 4.69) is 5.10 Å². The molecule has 1 aromatic rings. The maximum Gasteiger partial charge on any atom is 0.331 e. The fourth-order valence-electron chi connectivity index (χ4n) is 2.21. The fourth-order valence-corrected chi connectivity index (χ4v) is 2.21. The third kappa shape index (κ3) is 2.38. The van der Waals surface area contributed by atoms with Crippen molar-refractivity contribution in [3.05, 3.63) is 16.3 Å². The quantitative estimate of drug-likeness (QED) is 0.607. The molecule has 1 saturated heterocycles. The van der Waals surface area contributed by atoms with Crippen molar-refractivity contribution >= 4 is 11.5 Å². The SMILES string of the molecule is Cn1ncc([N+](=O)[O-])c1N1CCCC(O)CC1. The smallest absolute Gasteiger partial charge is 0.331 e. The van der Waals surface area contributed by atoms with Gasteiger partial charge in [-0.2, -0.15) is 5.10 Å². The van der Waals surface area contributed by atoms with Gasteiger partial charge in [-0.1, -0.05) is 0 Å². The van der Waals surface area contributed by atoms with Crippen LogP contribution in [0.4, 0.5) is 11.5 Å². The van der Waals surface area contributed by atoms with Gasteiger partial charge in [0.2, 0.25) is 5.82 Å². The molecule has 0 aliphatic carbocycles. The molecule has 2 heterocycles.